The van der Waals surface area contributed by atoms with Gasteiger partial charge in [-0.2, -0.15) is 0 Å². The highest BCUT2D eigenvalue weighted by Gasteiger charge is 2.48. The lowest BCUT2D eigenvalue weighted by Crippen LogP contribution is -2.53. The Balaban J connectivity index is 1.47. The van der Waals surface area contributed by atoms with Gasteiger partial charge in [-0.1, -0.05) is 11.3 Å². The fraction of sp³-hybridized carbons (Fsp3) is 0.333. The highest BCUT2D eigenvalue weighted by molar-refractivity contribution is 7.09. The average Bonchev–Trinajstić information content (AvgIpc) is 3.61. The first-order chi connectivity index (χ1) is 16.9. The molecule has 35 heavy (non-hydrogen) atoms. The smallest absolute Gasteiger partial charge is 0.194 e. The van der Waals surface area contributed by atoms with E-state index >= 15 is 0 Å². The molecule has 3 aromatic heterocycles. The van der Waals surface area contributed by atoms with Crippen LogP contribution >= 0.6 is 11.3 Å². The van der Waals surface area contributed by atoms with Crippen molar-refractivity contribution in [1.82, 2.24) is 29.8 Å². The van der Waals surface area contributed by atoms with E-state index in [1.54, 1.807) is 4.57 Å². The summed E-state index contributed by atoms with van der Waals surface area (Å²) < 4.78 is 49.3. The van der Waals surface area contributed by atoms with Crippen LogP contribution in [0.5, 0.6) is 0 Å². The molecule has 5 atom stereocenters. The first kappa shape index (κ1) is 23.6. The summed E-state index contributed by atoms with van der Waals surface area (Å²) in [5.41, 5.74) is -0.110. The molecule has 1 aliphatic heterocycles. The topological polar surface area (TPSA) is 131 Å². The maximum Gasteiger partial charge on any atom is 0.194 e. The van der Waals surface area contributed by atoms with Gasteiger partial charge in [0, 0.05) is 10.4 Å². The Bertz CT molecular complexity index is 1290. The van der Waals surface area contributed by atoms with Crippen LogP contribution < -0.4 is 0 Å². The Labute approximate surface area is 199 Å². The van der Waals surface area contributed by atoms with Gasteiger partial charge < -0.3 is 24.6 Å². The van der Waals surface area contributed by atoms with Gasteiger partial charge in [0.15, 0.2) is 23.3 Å². The van der Waals surface area contributed by atoms with E-state index in [1.165, 1.54) is 23.9 Å². The number of ether oxygens (including phenoxy) is 1. The number of benzene rings is 1. The average molecular weight is 508 g/mol. The van der Waals surface area contributed by atoms with Gasteiger partial charge in [0.1, 0.15) is 42.5 Å². The molecule has 1 fully saturated rings. The summed E-state index contributed by atoms with van der Waals surface area (Å²) in [6.45, 7) is -0.158. The second-order valence-corrected chi connectivity index (χ2v) is 9.02. The summed E-state index contributed by atoms with van der Waals surface area (Å²) >= 11 is 1.52. The van der Waals surface area contributed by atoms with Gasteiger partial charge >= 0.3 is 0 Å². The molecule has 0 aliphatic carbocycles. The van der Waals surface area contributed by atoms with E-state index in [2.05, 4.69) is 20.5 Å². The predicted octanol–water partition coefficient (Wildman–Crippen LogP) is 1.46. The first-order valence-corrected chi connectivity index (χ1v) is 11.3. The van der Waals surface area contributed by atoms with Crippen molar-refractivity contribution in [3.63, 3.8) is 0 Å². The molecule has 3 N–H and O–H groups in total. The molecule has 0 spiro atoms. The predicted molar refractivity (Wildman–Crippen MR) is 115 cm³/mol. The summed E-state index contributed by atoms with van der Waals surface area (Å²) in [7, 11) is 0. The molecule has 0 amide bonds. The fourth-order valence-electron chi connectivity index (χ4n) is 4.06. The summed E-state index contributed by atoms with van der Waals surface area (Å²) in [6.07, 6.45) is -2.34. The van der Waals surface area contributed by atoms with Crippen LogP contribution in [0.4, 0.5) is 13.2 Å². The number of aliphatic hydroxyl groups excluding tert-OH is 3. The zero-order chi connectivity index (χ0) is 24.7. The SMILES string of the molecule is OC[C@H]1O[C@@H](c2nncn2Cc2cccs2)[C@H](O)[C@@H](n2cc(-c3cc(F)c(F)c(F)c3)nn2)[C@H]1O. The van der Waals surface area contributed by atoms with E-state index < -0.39 is 54.5 Å². The maximum absolute atomic E-state index is 13.7. The van der Waals surface area contributed by atoms with E-state index in [0.717, 1.165) is 21.7 Å². The monoisotopic (exact) mass is 508 g/mol. The second-order valence-electron chi connectivity index (χ2n) is 7.98. The lowest BCUT2D eigenvalue weighted by Gasteiger charge is -2.41. The molecule has 14 heteroatoms. The Morgan fingerprint density at radius 3 is 2.54 bits per heavy atom. The van der Waals surface area contributed by atoms with Crippen LogP contribution in [0.3, 0.4) is 0 Å². The molecule has 184 valence electrons. The van der Waals surface area contributed by atoms with E-state index in [-0.39, 0.29) is 17.1 Å². The van der Waals surface area contributed by atoms with Crippen molar-refractivity contribution >= 4 is 11.3 Å². The number of hydrogen-bond acceptors (Lipinski definition) is 9. The fourth-order valence-corrected chi connectivity index (χ4v) is 4.77. The Hall–Kier alpha value is -3.17. The van der Waals surface area contributed by atoms with Crippen LogP contribution in [0.2, 0.25) is 0 Å². The molecule has 1 saturated heterocycles. The van der Waals surface area contributed by atoms with E-state index in [0.29, 0.717) is 6.54 Å². The molecule has 0 saturated carbocycles. The minimum Gasteiger partial charge on any atom is -0.394 e. The third kappa shape index (κ3) is 4.34. The third-order valence-electron chi connectivity index (χ3n) is 5.79. The van der Waals surface area contributed by atoms with Crippen LogP contribution in [0.25, 0.3) is 11.3 Å². The molecule has 0 bridgehead atoms. The van der Waals surface area contributed by atoms with Gasteiger partial charge in [0.05, 0.1) is 19.3 Å². The molecule has 1 aliphatic rings. The number of aromatic nitrogens is 6. The quantitative estimate of drug-likeness (QED) is 0.334. The third-order valence-corrected chi connectivity index (χ3v) is 6.66. The lowest BCUT2D eigenvalue weighted by atomic mass is 9.92. The van der Waals surface area contributed by atoms with Crippen LogP contribution in [0, 0.1) is 17.5 Å². The molecule has 0 unspecified atom stereocenters. The lowest BCUT2D eigenvalue weighted by molar-refractivity contribution is -0.211. The molecule has 4 heterocycles. The minimum atomic E-state index is -1.61. The van der Waals surface area contributed by atoms with Gasteiger partial charge in [-0.25, -0.2) is 17.9 Å². The van der Waals surface area contributed by atoms with E-state index in [9.17, 15) is 28.5 Å². The summed E-state index contributed by atoms with van der Waals surface area (Å²) in [6, 6.07) is 4.17. The molecular weight excluding hydrogens is 489 g/mol. The van der Waals surface area contributed by atoms with E-state index in [4.69, 9.17) is 4.74 Å². The molecule has 0 radical (unpaired) electrons. The van der Waals surface area contributed by atoms with Crippen molar-refractivity contribution < 1.29 is 33.2 Å². The number of rotatable bonds is 6. The minimum absolute atomic E-state index is 0.0216. The van der Waals surface area contributed by atoms with Crippen molar-refractivity contribution in [1.29, 1.82) is 0 Å². The van der Waals surface area contributed by atoms with Crippen molar-refractivity contribution in [2.45, 2.75) is 37.0 Å². The van der Waals surface area contributed by atoms with Crippen molar-refractivity contribution in [2.75, 3.05) is 6.61 Å². The highest BCUT2D eigenvalue weighted by atomic mass is 32.1. The molecule has 5 rings (SSSR count). The van der Waals surface area contributed by atoms with Gasteiger partial charge in [-0.3, -0.25) is 0 Å². The molecule has 10 nitrogen and oxygen atoms in total. The molecular formula is C21H19F3N6O4S. The number of thiophene rings is 1. The number of nitrogens with zero attached hydrogens (tertiary/aromatic N) is 6. The highest BCUT2D eigenvalue weighted by Crippen LogP contribution is 2.38. The maximum atomic E-state index is 13.7. The van der Waals surface area contributed by atoms with Gasteiger partial charge in [-0.05, 0) is 23.6 Å². The summed E-state index contributed by atoms with van der Waals surface area (Å²) in [5.74, 6) is -4.14. The van der Waals surface area contributed by atoms with Gasteiger partial charge in [0.2, 0.25) is 0 Å². The summed E-state index contributed by atoms with van der Waals surface area (Å²) in [4.78, 5) is 1.01. The van der Waals surface area contributed by atoms with Crippen LogP contribution in [-0.2, 0) is 11.3 Å². The first-order valence-electron chi connectivity index (χ1n) is 10.5. The van der Waals surface area contributed by atoms with Crippen LogP contribution in [0.15, 0.2) is 42.2 Å². The van der Waals surface area contributed by atoms with Crippen molar-refractivity contribution in [3.8, 4) is 11.3 Å². The molecule has 1 aromatic carbocycles. The van der Waals surface area contributed by atoms with Gasteiger partial charge in [0.25, 0.3) is 0 Å². The summed E-state index contributed by atoms with van der Waals surface area (Å²) in [5, 5.41) is 49.4. The normalized spacial score (nSPS) is 24.7. The zero-order valence-electron chi connectivity index (χ0n) is 17.8. The van der Waals surface area contributed by atoms with Crippen molar-refractivity contribution in [3.05, 3.63) is 70.3 Å². The van der Waals surface area contributed by atoms with E-state index in [1.807, 2.05) is 17.5 Å². The van der Waals surface area contributed by atoms with Crippen molar-refractivity contribution in [2.24, 2.45) is 0 Å². The number of aliphatic hydroxyl groups is 3. The number of hydrogen-bond donors (Lipinski definition) is 3. The Morgan fingerprint density at radius 1 is 1.09 bits per heavy atom. The standard InChI is InChI=1S/C21H19F3N6O4S/c22-12-4-10(5-13(23)16(12)24)14-7-30(28-26-14)17-18(32)15(8-31)34-20(19(17)33)21-27-25-9-29(21)6-11-2-1-3-35-11/h1-5,7,9,15,17-20,31-33H,6,8H2/t15-,17+,18+,19-,20-/m1/s1. The van der Waals surface area contributed by atoms with Gasteiger partial charge in [-0.15, -0.1) is 26.6 Å². The second kappa shape index (κ2) is 9.47. The molecule has 4 aromatic rings. The zero-order valence-corrected chi connectivity index (χ0v) is 18.6. The Kier molecular flexibility index (Phi) is 6.37. The van der Waals surface area contributed by atoms with Crippen LogP contribution in [0.1, 0.15) is 22.8 Å². The Morgan fingerprint density at radius 2 is 1.86 bits per heavy atom. The van der Waals surface area contributed by atoms with Crippen LogP contribution in [-0.4, -0.2) is 70.0 Å². The largest absolute Gasteiger partial charge is 0.394 e. The number of halogens is 3.